The molecule has 0 saturated heterocycles. The highest BCUT2D eigenvalue weighted by molar-refractivity contribution is 9.10. The summed E-state index contributed by atoms with van der Waals surface area (Å²) in [6.07, 6.45) is -9.72. The molecule has 0 atom stereocenters. The van der Waals surface area contributed by atoms with E-state index in [0.29, 0.717) is 11.3 Å². The number of hydrogen-bond donors (Lipinski definition) is 1. The number of nitrogens with one attached hydrogen (secondary N) is 1. The Balaban J connectivity index is 2.33. The van der Waals surface area contributed by atoms with Crippen LogP contribution in [0, 0.1) is 6.92 Å². The van der Waals surface area contributed by atoms with Gasteiger partial charge in [0, 0.05) is 10.2 Å². The quantitative estimate of drug-likeness (QED) is 0.562. The topological polar surface area (TPSA) is 51.2 Å². The minimum absolute atomic E-state index is 0.0138. The fourth-order valence-corrected chi connectivity index (χ4v) is 3.48. The Morgan fingerprint density at radius 1 is 1.27 bits per heavy atom. The van der Waals surface area contributed by atoms with Crippen molar-refractivity contribution in [3.8, 4) is 5.75 Å². The molecule has 4 nitrogen and oxygen atoms in total. The molecule has 1 aromatic heterocycles. The van der Waals surface area contributed by atoms with Crippen LogP contribution in [0.3, 0.4) is 0 Å². The van der Waals surface area contributed by atoms with Crippen LogP contribution in [0.2, 0.25) is 0 Å². The van der Waals surface area contributed by atoms with Crippen LogP contribution in [0.1, 0.15) is 20.4 Å². The summed E-state index contributed by atoms with van der Waals surface area (Å²) < 4.78 is 79.5. The highest BCUT2D eigenvalue weighted by atomic mass is 79.9. The predicted octanol–water partition coefficient (Wildman–Crippen LogP) is 3.64. The third-order valence-corrected chi connectivity index (χ3v) is 4.54. The number of alkyl halides is 6. The Morgan fingerprint density at radius 2 is 1.88 bits per heavy atom. The van der Waals surface area contributed by atoms with Crippen LogP contribution in [0.25, 0.3) is 0 Å². The van der Waals surface area contributed by atoms with E-state index in [0.717, 1.165) is 12.1 Å². The van der Waals surface area contributed by atoms with Gasteiger partial charge in [-0.25, -0.2) is 4.98 Å². The number of benzene rings is 1. The molecule has 1 aromatic carbocycles. The van der Waals surface area contributed by atoms with Crippen molar-refractivity contribution in [1.29, 1.82) is 0 Å². The van der Waals surface area contributed by atoms with Crippen molar-refractivity contribution >= 4 is 52.2 Å². The maximum atomic E-state index is 13.0. The van der Waals surface area contributed by atoms with E-state index in [9.17, 15) is 31.1 Å². The average Bonchev–Trinajstić information content (AvgIpc) is 2.83. The van der Waals surface area contributed by atoms with E-state index in [4.69, 9.17) is 0 Å². The van der Waals surface area contributed by atoms with Gasteiger partial charge in [0.2, 0.25) is 0 Å². The largest absolute Gasteiger partial charge is 0.573 e. The highest BCUT2D eigenvalue weighted by Crippen LogP contribution is 2.35. The number of anilines is 1. The van der Waals surface area contributed by atoms with E-state index in [-0.39, 0.29) is 20.6 Å². The molecule has 2 rings (SSSR count). The molecule has 0 fully saturated rings. The molecular formula is C13H8BBrF6N2O2S. The van der Waals surface area contributed by atoms with Crippen molar-refractivity contribution in [3.63, 3.8) is 0 Å². The van der Waals surface area contributed by atoms with Crippen molar-refractivity contribution in [2.24, 2.45) is 0 Å². The first-order valence-corrected chi connectivity index (χ1v) is 8.30. The van der Waals surface area contributed by atoms with Crippen LogP contribution >= 0.6 is 27.3 Å². The molecule has 0 aliphatic heterocycles. The van der Waals surface area contributed by atoms with E-state index < -0.39 is 34.8 Å². The first kappa shape index (κ1) is 20.6. The Bertz CT molecular complexity index is 829. The fourth-order valence-electron chi connectivity index (χ4n) is 2.01. The summed E-state index contributed by atoms with van der Waals surface area (Å²) >= 11 is 3.53. The van der Waals surface area contributed by atoms with E-state index in [1.807, 2.05) is 0 Å². The number of aryl methyl sites for hydroxylation is 1. The number of carbonyl (C=O) groups is 1. The standard InChI is InChI=1S/C13H8BBrF6N2O2S/c1-4-22-10(12(16,17)18)9(26-4)11(24)23-8-6(14)2-5(3-7(8)15)25-13(19,20)21/h2-3H,14H2,1H3,(H,23,24). The molecule has 0 bridgehead atoms. The van der Waals surface area contributed by atoms with E-state index >= 15 is 0 Å². The Kier molecular flexibility index (Phi) is 5.61. The van der Waals surface area contributed by atoms with Gasteiger partial charge >= 0.3 is 12.5 Å². The number of rotatable bonds is 3. The van der Waals surface area contributed by atoms with Crippen molar-refractivity contribution in [2.45, 2.75) is 19.5 Å². The molecule has 2 aromatic rings. The van der Waals surface area contributed by atoms with Crippen LogP contribution in [-0.4, -0.2) is 25.1 Å². The second kappa shape index (κ2) is 7.10. The predicted molar refractivity (Wildman–Crippen MR) is 88.8 cm³/mol. The van der Waals surface area contributed by atoms with Gasteiger partial charge in [0.25, 0.3) is 5.91 Å². The van der Waals surface area contributed by atoms with Gasteiger partial charge in [0.05, 0.1) is 5.01 Å². The molecule has 1 heterocycles. The van der Waals surface area contributed by atoms with Gasteiger partial charge in [-0.15, -0.1) is 24.5 Å². The highest BCUT2D eigenvalue weighted by Gasteiger charge is 2.39. The van der Waals surface area contributed by atoms with Gasteiger partial charge in [-0.3, -0.25) is 4.79 Å². The third-order valence-electron chi connectivity index (χ3n) is 2.94. The molecule has 26 heavy (non-hydrogen) atoms. The van der Waals surface area contributed by atoms with Crippen molar-refractivity contribution in [3.05, 3.63) is 32.2 Å². The molecule has 1 N–H and O–H groups in total. The smallest absolute Gasteiger partial charge is 0.406 e. The van der Waals surface area contributed by atoms with Gasteiger partial charge in [-0.1, -0.05) is 5.46 Å². The number of hydrogen-bond acceptors (Lipinski definition) is 4. The zero-order valence-corrected chi connectivity index (χ0v) is 15.4. The van der Waals surface area contributed by atoms with Crippen LogP contribution < -0.4 is 15.5 Å². The molecule has 0 aliphatic rings. The molecule has 13 heteroatoms. The monoisotopic (exact) mass is 460 g/mol. The summed E-state index contributed by atoms with van der Waals surface area (Å²) in [5.74, 6) is -1.61. The molecule has 0 unspecified atom stereocenters. The molecule has 0 radical (unpaired) electrons. The number of halogens is 7. The molecule has 0 spiro atoms. The Hall–Kier alpha value is -1.76. The van der Waals surface area contributed by atoms with Gasteiger partial charge in [0.1, 0.15) is 18.5 Å². The summed E-state index contributed by atoms with van der Waals surface area (Å²) in [5, 5.41) is 2.31. The van der Waals surface area contributed by atoms with E-state index in [2.05, 4.69) is 31.0 Å². The summed E-state index contributed by atoms with van der Waals surface area (Å²) in [6, 6.07) is 1.94. The zero-order valence-electron chi connectivity index (χ0n) is 13.0. The molecule has 140 valence electrons. The first-order valence-electron chi connectivity index (χ1n) is 6.70. The Morgan fingerprint density at radius 3 is 2.38 bits per heavy atom. The SMILES string of the molecule is Bc1cc(OC(F)(F)F)cc(Br)c1NC(=O)c1sc(C)nc1C(F)(F)F. The lowest BCUT2D eigenvalue weighted by molar-refractivity contribution is -0.274. The number of thiazole rings is 1. The maximum absolute atomic E-state index is 13.0. The van der Waals surface area contributed by atoms with Gasteiger partial charge in [0.15, 0.2) is 5.69 Å². The van der Waals surface area contributed by atoms with Crippen molar-refractivity contribution < 1.29 is 35.9 Å². The average molecular weight is 461 g/mol. The van der Waals surface area contributed by atoms with Crippen LogP contribution in [0.15, 0.2) is 16.6 Å². The van der Waals surface area contributed by atoms with Crippen molar-refractivity contribution in [2.75, 3.05) is 5.32 Å². The second-order valence-electron chi connectivity index (χ2n) is 5.01. The lowest BCUT2D eigenvalue weighted by Gasteiger charge is -2.15. The first-order chi connectivity index (χ1) is 11.8. The number of nitrogens with zero attached hydrogens (tertiary/aromatic N) is 1. The fraction of sp³-hybridized carbons (Fsp3) is 0.231. The minimum atomic E-state index is -4.90. The number of amides is 1. The Labute approximate surface area is 156 Å². The zero-order chi connectivity index (χ0) is 19.9. The molecule has 1 amide bonds. The maximum Gasteiger partial charge on any atom is 0.573 e. The number of ether oxygens (including phenoxy) is 1. The van der Waals surface area contributed by atoms with E-state index in [1.54, 1.807) is 0 Å². The van der Waals surface area contributed by atoms with Crippen molar-refractivity contribution in [1.82, 2.24) is 4.98 Å². The minimum Gasteiger partial charge on any atom is -0.406 e. The summed E-state index contributed by atoms with van der Waals surface area (Å²) in [4.78, 5) is 14.9. The normalized spacial score (nSPS) is 12.2. The number of carbonyl (C=O) groups excluding carboxylic acids is 1. The van der Waals surface area contributed by atoms with Gasteiger partial charge in [-0.2, -0.15) is 13.2 Å². The second-order valence-corrected chi connectivity index (χ2v) is 7.06. The van der Waals surface area contributed by atoms with Crippen LogP contribution in [0.5, 0.6) is 5.75 Å². The molecule has 0 saturated carbocycles. The summed E-state index contributed by atoms with van der Waals surface area (Å²) in [7, 11) is 1.37. The van der Waals surface area contributed by atoms with Crippen LogP contribution in [-0.2, 0) is 6.18 Å². The lowest BCUT2D eigenvalue weighted by Crippen LogP contribution is -2.23. The summed E-state index contributed by atoms with van der Waals surface area (Å²) in [5.41, 5.74) is -1.14. The molecule has 0 aliphatic carbocycles. The van der Waals surface area contributed by atoms with E-state index in [1.165, 1.54) is 14.8 Å². The molecular weight excluding hydrogens is 453 g/mol. The summed E-state index contributed by atoms with van der Waals surface area (Å²) in [6.45, 7) is 1.32. The number of aromatic nitrogens is 1. The van der Waals surface area contributed by atoms with Gasteiger partial charge in [-0.05, 0) is 35.0 Å². The van der Waals surface area contributed by atoms with Crippen LogP contribution in [0.4, 0.5) is 32.0 Å². The lowest BCUT2D eigenvalue weighted by atomic mass is 9.93. The van der Waals surface area contributed by atoms with Gasteiger partial charge < -0.3 is 10.1 Å². The third kappa shape index (κ3) is 4.90.